The summed E-state index contributed by atoms with van der Waals surface area (Å²) in [5.74, 6) is -1.61. The van der Waals surface area contributed by atoms with Crippen LogP contribution < -0.4 is 37.4 Å². The smallest absolute Gasteiger partial charge is 0.349 e. The summed E-state index contributed by atoms with van der Waals surface area (Å²) in [5.41, 5.74) is 6.96. The highest BCUT2D eigenvalue weighted by molar-refractivity contribution is 5.98. The van der Waals surface area contributed by atoms with E-state index in [2.05, 4.69) is 20.4 Å². The SMILES string of the molecule is CCCCC(N)C(=O)N(CCNC(=O)c1cc2ccc(N(CC)CC)cc2oc1=O)CCNC(=O)c1cc2ccc(N(CC)CC)cc2oc1=O. The van der Waals surface area contributed by atoms with E-state index in [1.54, 1.807) is 24.3 Å². The molecule has 4 N–H and O–H groups in total. The number of fused-ring (bicyclic) bond motifs is 2. The molecule has 13 nitrogen and oxygen atoms in total. The van der Waals surface area contributed by atoms with Crippen molar-refractivity contribution < 1.29 is 23.2 Å². The third kappa shape index (κ3) is 9.54. The van der Waals surface area contributed by atoms with Crippen molar-refractivity contribution >= 4 is 51.0 Å². The highest BCUT2D eigenvalue weighted by Gasteiger charge is 2.22. The maximum absolute atomic E-state index is 13.3. The molecule has 1 atom stereocenters. The second-order valence-corrected chi connectivity index (χ2v) is 12.3. The van der Waals surface area contributed by atoms with E-state index in [9.17, 15) is 24.0 Å². The molecule has 0 aliphatic heterocycles. The summed E-state index contributed by atoms with van der Waals surface area (Å²) in [7, 11) is 0. The van der Waals surface area contributed by atoms with Crippen molar-refractivity contribution in [1.82, 2.24) is 15.5 Å². The molecule has 0 bridgehead atoms. The Morgan fingerprint density at radius 2 is 1.12 bits per heavy atom. The first-order valence-electron chi connectivity index (χ1n) is 17.8. The Labute approximate surface area is 297 Å². The van der Waals surface area contributed by atoms with Crippen LogP contribution in [0.3, 0.4) is 0 Å². The van der Waals surface area contributed by atoms with E-state index in [-0.39, 0.29) is 43.2 Å². The molecule has 2 aromatic carbocycles. The zero-order valence-corrected chi connectivity index (χ0v) is 30.3. The molecule has 4 aromatic rings. The van der Waals surface area contributed by atoms with E-state index in [1.807, 2.05) is 46.8 Å². The minimum Gasteiger partial charge on any atom is -0.422 e. The van der Waals surface area contributed by atoms with E-state index in [1.165, 1.54) is 17.0 Å². The van der Waals surface area contributed by atoms with E-state index in [0.29, 0.717) is 28.4 Å². The van der Waals surface area contributed by atoms with Gasteiger partial charge >= 0.3 is 11.3 Å². The lowest BCUT2D eigenvalue weighted by Gasteiger charge is -2.26. The van der Waals surface area contributed by atoms with Crippen molar-refractivity contribution in [3.05, 3.63) is 80.5 Å². The molecule has 274 valence electrons. The fraction of sp³-hybridized carbons (Fsp3) is 0.447. The molecular formula is C38H50N6O7. The lowest BCUT2D eigenvalue weighted by atomic mass is 10.1. The molecule has 2 heterocycles. The van der Waals surface area contributed by atoms with Crippen LogP contribution in [0, 0.1) is 0 Å². The number of hydrogen-bond acceptors (Lipinski definition) is 10. The fourth-order valence-electron chi connectivity index (χ4n) is 6.00. The van der Waals surface area contributed by atoms with Gasteiger partial charge in [-0.15, -0.1) is 0 Å². The number of amides is 3. The van der Waals surface area contributed by atoms with Gasteiger partial charge < -0.3 is 39.9 Å². The number of nitrogens with zero attached hydrogens (tertiary/aromatic N) is 3. The van der Waals surface area contributed by atoms with Crippen molar-refractivity contribution in [2.45, 2.75) is 59.9 Å². The number of carbonyl (C=O) groups is 3. The maximum atomic E-state index is 13.3. The van der Waals surface area contributed by atoms with E-state index < -0.39 is 29.1 Å². The predicted octanol–water partition coefficient (Wildman–Crippen LogP) is 4.10. The van der Waals surface area contributed by atoms with Crippen LogP contribution in [-0.2, 0) is 4.79 Å². The van der Waals surface area contributed by atoms with Crippen molar-refractivity contribution in [2.24, 2.45) is 5.73 Å². The number of nitrogens with one attached hydrogen (secondary N) is 2. The largest absolute Gasteiger partial charge is 0.422 e. The quantitative estimate of drug-likeness (QED) is 0.128. The highest BCUT2D eigenvalue weighted by Crippen LogP contribution is 2.23. The average Bonchev–Trinajstić information content (AvgIpc) is 3.13. The molecule has 0 fully saturated rings. The molecule has 0 saturated carbocycles. The zero-order valence-electron chi connectivity index (χ0n) is 30.3. The Balaban J connectivity index is 1.42. The second kappa shape index (κ2) is 18.2. The van der Waals surface area contributed by atoms with Crippen LogP contribution >= 0.6 is 0 Å². The Morgan fingerprint density at radius 1 is 0.686 bits per heavy atom. The zero-order chi connectivity index (χ0) is 37.1. The van der Waals surface area contributed by atoms with E-state index >= 15 is 0 Å². The van der Waals surface area contributed by atoms with Gasteiger partial charge in [0.05, 0.1) is 6.04 Å². The molecule has 0 aliphatic carbocycles. The molecular weight excluding hydrogens is 652 g/mol. The molecule has 0 aliphatic rings. The van der Waals surface area contributed by atoms with Crippen LogP contribution in [0.5, 0.6) is 0 Å². The number of unbranched alkanes of at least 4 members (excludes halogenated alkanes) is 1. The minimum atomic E-state index is -0.767. The van der Waals surface area contributed by atoms with Crippen molar-refractivity contribution in [3.63, 3.8) is 0 Å². The lowest BCUT2D eigenvalue weighted by Crippen LogP contribution is -2.49. The van der Waals surface area contributed by atoms with Gasteiger partial charge in [0.1, 0.15) is 22.3 Å². The number of rotatable bonds is 18. The van der Waals surface area contributed by atoms with Gasteiger partial charge in [-0.25, -0.2) is 9.59 Å². The summed E-state index contributed by atoms with van der Waals surface area (Å²) in [6.07, 6.45) is 2.10. The number of hydrogen-bond donors (Lipinski definition) is 3. The van der Waals surface area contributed by atoms with Gasteiger partial charge in [-0.1, -0.05) is 19.8 Å². The summed E-state index contributed by atoms with van der Waals surface area (Å²) in [5, 5.41) is 6.62. The van der Waals surface area contributed by atoms with E-state index in [4.69, 9.17) is 14.6 Å². The molecule has 0 saturated heterocycles. The van der Waals surface area contributed by atoms with Gasteiger partial charge in [-0.3, -0.25) is 14.4 Å². The Hall–Kier alpha value is -5.17. The molecule has 1 unspecified atom stereocenters. The predicted molar refractivity (Wildman–Crippen MR) is 201 cm³/mol. The first-order valence-corrected chi connectivity index (χ1v) is 17.8. The molecule has 2 aromatic heterocycles. The third-order valence-corrected chi connectivity index (χ3v) is 9.02. The normalized spacial score (nSPS) is 11.7. The fourth-order valence-corrected chi connectivity index (χ4v) is 6.00. The van der Waals surface area contributed by atoms with Crippen molar-refractivity contribution in [1.29, 1.82) is 0 Å². The topological polar surface area (TPSA) is 171 Å². The van der Waals surface area contributed by atoms with Crippen LogP contribution in [-0.4, -0.2) is 81.0 Å². The summed E-state index contributed by atoms with van der Waals surface area (Å²) >= 11 is 0. The first kappa shape index (κ1) is 38.6. The van der Waals surface area contributed by atoms with Gasteiger partial charge in [0.25, 0.3) is 11.8 Å². The van der Waals surface area contributed by atoms with E-state index in [0.717, 1.165) is 50.4 Å². The summed E-state index contributed by atoms with van der Waals surface area (Å²) in [4.78, 5) is 70.7. The number of carbonyl (C=O) groups excluding carboxylic acids is 3. The molecule has 4 rings (SSSR count). The van der Waals surface area contributed by atoms with Gasteiger partial charge in [0, 0.05) is 86.6 Å². The second-order valence-electron chi connectivity index (χ2n) is 12.3. The van der Waals surface area contributed by atoms with Crippen LogP contribution in [0.4, 0.5) is 11.4 Å². The lowest BCUT2D eigenvalue weighted by molar-refractivity contribution is -0.132. The molecule has 3 amide bonds. The van der Waals surface area contributed by atoms with Gasteiger partial charge in [0.15, 0.2) is 0 Å². The minimum absolute atomic E-state index is 0.0150. The van der Waals surface area contributed by atoms with Crippen LogP contribution in [0.1, 0.15) is 74.6 Å². The Bertz CT molecular complexity index is 1820. The van der Waals surface area contributed by atoms with Gasteiger partial charge in [-0.2, -0.15) is 0 Å². The van der Waals surface area contributed by atoms with Gasteiger partial charge in [0.2, 0.25) is 5.91 Å². The number of anilines is 2. The van der Waals surface area contributed by atoms with Crippen LogP contribution in [0.15, 0.2) is 67.0 Å². The standard InChI is InChI=1S/C38H50N6O7/c1-6-11-12-31(39)36(47)44(19-17-40-34(45)29-21-25-13-15-27(42(7-2)8-3)23-32(25)50-37(29)48)20-18-41-35(46)30-22-26-14-16-28(43(9-4)10-5)24-33(26)51-38(30)49/h13-16,21-24,31H,6-12,17-20,39H2,1-5H3,(H,40,45)(H,41,46). The van der Waals surface area contributed by atoms with Crippen LogP contribution in [0.25, 0.3) is 21.9 Å². The number of nitrogens with two attached hydrogens (primary N) is 1. The monoisotopic (exact) mass is 702 g/mol. The van der Waals surface area contributed by atoms with Gasteiger partial charge in [-0.05, 0) is 70.5 Å². The molecule has 13 heteroatoms. The summed E-state index contributed by atoms with van der Waals surface area (Å²) in [6, 6.07) is 13.2. The Kier molecular flexibility index (Phi) is 13.8. The summed E-state index contributed by atoms with van der Waals surface area (Å²) in [6.45, 7) is 13.5. The third-order valence-electron chi connectivity index (χ3n) is 9.02. The average molecular weight is 703 g/mol. The molecule has 51 heavy (non-hydrogen) atoms. The van der Waals surface area contributed by atoms with Crippen molar-refractivity contribution in [2.75, 3.05) is 62.2 Å². The Morgan fingerprint density at radius 3 is 1.51 bits per heavy atom. The molecule has 0 radical (unpaired) electrons. The summed E-state index contributed by atoms with van der Waals surface area (Å²) < 4.78 is 11.0. The first-order chi connectivity index (χ1) is 24.5. The maximum Gasteiger partial charge on any atom is 0.349 e. The highest BCUT2D eigenvalue weighted by atomic mass is 16.4. The number of benzene rings is 2. The van der Waals surface area contributed by atoms with Crippen molar-refractivity contribution in [3.8, 4) is 0 Å². The molecule has 0 spiro atoms. The van der Waals surface area contributed by atoms with Crippen LogP contribution in [0.2, 0.25) is 0 Å².